The van der Waals surface area contributed by atoms with E-state index in [2.05, 4.69) is 5.32 Å². The van der Waals surface area contributed by atoms with E-state index < -0.39 is 6.43 Å². The zero-order chi connectivity index (χ0) is 22.2. The summed E-state index contributed by atoms with van der Waals surface area (Å²) in [6.45, 7) is 2.43. The van der Waals surface area contributed by atoms with E-state index in [1.54, 1.807) is 23.1 Å². The van der Waals surface area contributed by atoms with Crippen molar-refractivity contribution < 1.29 is 23.1 Å². The fraction of sp³-hybridized carbons (Fsp3) is 0.417. The van der Waals surface area contributed by atoms with E-state index in [-0.39, 0.29) is 42.2 Å². The van der Waals surface area contributed by atoms with Crippen molar-refractivity contribution in [2.45, 2.75) is 30.9 Å². The number of carbonyl (C=O) groups is 2. The molecule has 2 unspecified atom stereocenters. The summed E-state index contributed by atoms with van der Waals surface area (Å²) in [5.41, 5.74) is 2.43. The quantitative estimate of drug-likeness (QED) is 0.794. The Bertz CT molecular complexity index is 1010. The molecule has 6 nitrogen and oxygen atoms in total. The molecule has 0 spiro atoms. The SMILES string of the molecule is O=C1COC2CCN(C(=O)N3CC(c4ccc(-c5ccccc5C(F)F)cc4)C3)CC2N1. The van der Waals surface area contributed by atoms with Gasteiger partial charge in [0.05, 0.1) is 12.1 Å². The smallest absolute Gasteiger partial charge is 0.320 e. The number of alkyl halides is 2. The summed E-state index contributed by atoms with van der Waals surface area (Å²) in [5.74, 6) is 0.0952. The molecule has 168 valence electrons. The van der Waals surface area contributed by atoms with Crippen molar-refractivity contribution in [3.05, 3.63) is 59.7 Å². The summed E-state index contributed by atoms with van der Waals surface area (Å²) >= 11 is 0. The minimum atomic E-state index is -2.52. The number of nitrogens with zero attached hydrogens (tertiary/aromatic N) is 2. The lowest BCUT2D eigenvalue weighted by Crippen LogP contribution is -2.63. The maximum atomic E-state index is 13.3. The Labute approximate surface area is 185 Å². The third-order valence-corrected chi connectivity index (χ3v) is 6.64. The van der Waals surface area contributed by atoms with Crippen LogP contribution in [0.4, 0.5) is 13.6 Å². The molecule has 0 aromatic heterocycles. The molecule has 3 aliphatic rings. The van der Waals surface area contributed by atoms with Gasteiger partial charge in [0.2, 0.25) is 5.91 Å². The van der Waals surface area contributed by atoms with Crippen molar-refractivity contribution in [1.82, 2.24) is 15.1 Å². The molecule has 0 bridgehead atoms. The predicted molar refractivity (Wildman–Crippen MR) is 114 cm³/mol. The first-order chi connectivity index (χ1) is 15.5. The number of morpholine rings is 1. The molecule has 32 heavy (non-hydrogen) atoms. The summed E-state index contributed by atoms with van der Waals surface area (Å²) in [5, 5.41) is 2.92. The number of ether oxygens (including phenoxy) is 1. The summed E-state index contributed by atoms with van der Waals surface area (Å²) in [6.07, 6.45) is -1.82. The Morgan fingerprint density at radius 1 is 1.03 bits per heavy atom. The first-order valence-corrected chi connectivity index (χ1v) is 10.9. The molecule has 2 aromatic carbocycles. The number of amides is 3. The van der Waals surface area contributed by atoms with Gasteiger partial charge in [-0.1, -0.05) is 48.5 Å². The molecule has 3 fully saturated rings. The number of halogens is 2. The van der Waals surface area contributed by atoms with Crippen LogP contribution < -0.4 is 5.32 Å². The number of nitrogens with one attached hydrogen (secondary N) is 1. The number of fused-ring (bicyclic) bond motifs is 1. The van der Waals surface area contributed by atoms with Crippen LogP contribution in [0, 0.1) is 0 Å². The summed E-state index contributed by atoms with van der Waals surface area (Å²) in [4.78, 5) is 28.1. The van der Waals surface area contributed by atoms with Crippen LogP contribution >= 0.6 is 0 Å². The highest BCUT2D eigenvalue weighted by atomic mass is 19.3. The number of hydrogen-bond acceptors (Lipinski definition) is 3. The van der Waals surface area contributed by atoms with Crippen molar-refractivity contribution in [3.8, 4) is 11.1 Å². The van der Waals surface area contributed by atoms with Gasteiger partial charge in [0.25, 0.3) is 6.43 Å². The average Bonchev–Trinajstić information content (AvgIpc) is 2.78. The molecule has 0 saturated carbocycles. The number of piperidine rings is 1. The van der Waals surface area contributed by atoms with E-state index in [1.165, 1.54) is 6.07 Å². The number of benzene rings is 2. The van der Waals surface area contributed by atoms with E-state index in [0.29, 0.717) is 31.7 Å². The monoisotopic (exact) mass is 441 g/mol. The third-order valence-electron chi connectivity index (χ3n) is 6.64. The molecule has 3 heterocycles. The molecule has 8 heteroatoms. The highest BCUT2D eigenvalue weighted by molar-refractivity contribution is 5.79. The first kappa shape index (κ1) is 20.9. The largest absolute Gasteiger partial charge is 0.366 e. The van der Waals surface area contributed by atoms with Crippen LogP contribution in [0.25, 0.3) is 11.1 Å². The van der Waals surface area contributed by atoms with Crippen LogP contribution in [0.3, 0.4) is 0 Å². The maximum absolute atomic E-state index is 13.3. The van der Waals surface area contributed by atoms with E-state index in [1.807, 2.05) is 29.2 Å². The lowest BCUT2D eigenvalue weighted by Gasteiger charge is -2.46. The minimum absolute atomic E-state index is 0.0120. The summed E-state index contributed by atoms with van der Waals surface area (Å²) in [7, 11) is 0. The van der Waals surface area contributed by atoms with E-state index in [0.717, 1.165) is 17.5 Å². The normalized spacial score (nSPS) is 23.5. The van der Waals surface area contributed by atoms with Crippen molar-refractivity contribution in [2.75, 3.05) is 32.8 Å². The Kier molecular flexibility index (Phi) is 5.55. The standard InChI is InChI=1S/C24H25F2N3O3/c25-23(26)19-4-2-1-3-18(19)16-7-5-15(6-8-16)17-11-29(12-17)24(31)28-10-9-21-20(13-28)27-22(30)14-32-21/h1-8,17,20-21,23H,9-14H2,(H,27,30). The zero-order valence-electron chi connectivity index (χ0n) is 17.5. The van der Waals surface area contributed by atoms with Gasteiger partial charge in [-0.2, -0.15) is 0 Å². The molecular weight excluding hydrogens is 416 g/mol. The van der Waals surface area contributed by atoms with Gasteiger partial charge in [0.1, 0.15) is 6.61 Å². The zero-order valence-corrected chi connectivity index (χ0v) is 17.5. The second-order valence-corrected chi connectivity index (χ2v) is 8.65. The van der Waals surface area contributed by atoms with Gasteiger partial charge in [-0.3, -0.25) is 4.79 Å². The minimum Gasteiger partial charge on any atom is -0.366 e. The van der Waals surface area contributed by atoms with E-state index >= 15 is 0 Å². The van der Waals surface area contributed by atoms with Gasteiger partial charge in [0, 0.05) is 37.7 Å². The second-order valence-electron chi connectivity index (χ2n) is 8.65. The van der Waals surface area contributed by atoms with Crippen LogP contribution in [0.5, 0.6) is 0 Å². The second kappa shape index (κ2) is 8.50. The van der Waals surface area contributed by atoms with Crippen molar-refractivity contribution in [1.29, 1.82) is 0 Å². The fourth-order valence-electron chi connectivity index (χ4n) is 4.80. The number of likely N-dealkylation sites (tertiary alicyclic amines) is 2. The molecular formula is C24H25F2N3O3. The Morgan fingerprint density at radius 2 is 1.78 bits per heavy atom. The van der Waals surface area contributed by atoms with Gasteiger partial charge in [-0.25, -0.2) is 13.6 Å². The van der Waals surface area contributed by atoms with Crippen LogP contribution in [-0.4, -0.2) is 66.7 Å². The van der Waals surface area contributed by atoms with Gasteiger partial charge >= 0.3 is 6.03 Å². The molecule has 3 saturated heterocycles. The molecule has 1 N–H and O–H groups in total. The topological polar surface area (TPSA) is 61.9 Å². The highest BCUT2D eigenvalue weighted by Crippen LogP contribution is 2.34. The highest BCUT2D eigenvalue weighted by Gasteiger charge is 2.40. The molecule has 5 rings (SSSR count). The van der Waals surface area contributed by atoms with E-state index in [9.17, 15) is 18.4 Å². The number of hydrogen-bond donors (Lipinski definition) is 1. The van der Waals surface area contributed by atoms with Crippen LogP contribution in [0.15, 0.2) is 48.5 Å². The number of rotatable bonds is 3. The van der Waals surface area contributed by atoms with Crippen molar-refractivity contribution >= 4 is 11.9 Å². The lowest BCUT2D eigenvalue weighted by molar-refractivity contribution is -0.139. The van der Waals surface area contributed by atoms with Crippen LogP contribution in [0.2, 0.25) is 0 Å². The average molecular weight is 441 g/mol. The Balaban J connectivity index is 1.19. The number of carbonyl (C=O) groups excluding carboxylic acids is 2. The van der Waals surface area contributed by atoms with Crippen molar-refractivity contribution in [2.24, 2.45) is 0 Å². The number of urea groups is 1. The van der Waals surface area contributed by atoms with Gasteiger partial charge < -0.3 is 19.9 Å². The molecule has 0 aliphatic carbocycles. The first-order valence-electron chi connectivity index (χ1n) is 10.9. The Hall–Kier alpha value is -3.00. The molecule has 3 aliphatic heterocycles. The maximum Gasteiger partial charge on any atom is 0.320 e. The van der Waals surface area contributed by atoms with Gasteiger partial charge in [0.15, 0.2) is 0 Å². The van der Waals surface area contributed by atoms with E-state index in [4.69, 9.17) is 4.74 Å². The fourth-order valence-corrected chi connectivity index (χ4v) is 4.80. The summed E-state index contributed by atoms with van der Waals surface area (Å²) in [6, 6.07) is 14.1. The third kappa shape index (κ3) is 3.95. The molecule has 2 atom stereocenters. The summed E-state index contributed by atoms with van der Waals surface area (Å²) < 4.78 is 32.2. The van der Waals surface area contributed by atoms with Crippen LogP contribution in [0.1, 0.15) is 29.9 Å². The molecule has 0 radical (unpaired) electrons. The van der Waals surface area contributed by atoms with Gasteiger partial charge in [-0.05, 0) is 23.1 Å². The van der Waals surface area contributed by atoms with Gasteiger partial charge in [-0.15, -0.1) is 0 Å². The lowest BCUT2D eigenvalue weighted by atomic mass is 9.89. The Morgan fingerprint density at radius 3 is 2.53 bits per heavy atom. The molecule has 3 amide bonds. The van der Waals surface area contributed by atoms with Crippen LogP contribution in [-0.2, 0) is 9.53 Å². The molecule has 2 aromatic rings. The van der Waals surface area contributed by atoms with Crippen molar-refractivity contribution in [3.63, 3.8) is 0 Å². The predicted octanol–water partition coefficient (Wildman–Crippen LogP) is 3.40.